The predicted molar refractivity (Wildman–Crippen MR) is 70.3 cm³/mol. The molecule has 8 heteroatoms. The standard InChI is InChI=1S/C11H14N4O3S/c1-7-14-10(18-15-7)6-13-8-4-3-5-9(11(8)12)19(2,16)17/h3-5,13H,6,12H2,1-2H3. The molecule has 102 valence electrons. The Kier molecular flexibility index (Phi) is 3.43. The van der Waals surface area contributed by atoms with Crippen molar-refractivity contribution in [1.29, 1.82) is 0 Å². The number of sulfone groups is 1. The largest absolute Gasteiger partial charge is 0.396 e. The molecule has 0 amide bonds. The smallest absolute Gasteiger partial charge is 0.245 e. The Balaban J connectivity index is 2.22. The molecular weight excluding hydrogens is 268 g/mol. The zero-order valence-electron chi connectivity index (χ0n) is 10.5. The average molecular weight is 282 g/mol. The molecule has 1 aromatic carbocycles. The van der Waals surface area contributed by atoms with Gasteiger partial charge in [-0.15, -0.1) is 0 Å². The maximum absolute atomic E-state index is 11.5. The summed E-state index contributed by atoms with van der Waals surface area (Å²) in [5.74, 6) is 0.941. The van der Waals surface area contributed by atoms with Gasteiger partial charge in [0.05, 0.1) is 22.8 Å². The van der Waals surface area contributed by atoms with Crippen LogP contribution in [-0.4, -0.2) is 24.8 Å². The summed E-state index contributed by atoms with van der Waals surface area (Å²) in [5.41, 5.74) is 6.52. The number of rotatable bonds is 4. The Morgan fingerprint density at radius 2 is 2.16 bits per heavy atom. The molecule has 7 nitrogen and oxygen atoms in total. The van der Waals surface area contributed by atoms with E-state index in [-0.39, 0.29) is 17.1 Å². The maximum Gasteiger partial charge on any atom is 0.245 e. The first-order chi connectivity index (χ1) is 8.88. The number of benzene rings is 1. The number of aromatic nitrogens is 2. The van der Waals surface area contributed by atoms with Crippen molar-refractivity contribution >= 4 is 21.2 Å². The summed E-state index contributed by atoms with van der Waals surface area (Å²) in [5, 5.41) is 6.62. The lowest BCUT2D eigenvalue weighted by Crippen LogP contribution is -2.07. The molecule has 0 aliphatic rings. The molecule has 0 aliphatic carbocycles. The summed E-state index contributed by atoms with van der Waals surface area (Å²) >= 11 is 0. The van der Waals surface area contributed by atoms with E-state index in [1.165, 1.54) is 6.07 Å². The van der Waals surface area contributed by atoms with Crippen LogP contribution in [0.3, 0.4) is 0 Å². The molecule has 0 unspecified atom stereocenters. The van der Waals surface area contributed by atoms with Crippen molar-refractivity contribution in [3.05, 3.63) is 29.9 Å². The van der Waals surface area contributed by atoms with Gasteiger partial charge < -0.3 is 15.6 Å². The number of nitrogens with zero attached hydrogens (tertiary/aromatic N) is 2. The van der Waals surface area contributed by atoms with Crippen LogP contribution in [0.25, 0.3) is 0 Å². The number of hydrogen-bond donors (Lipinski definition) is 2. The molecule has 0 aliphatic heterocycles. The van der Waals surface area contributed by atoms with E-state index in [0.717, 1.165) is 6.26 Å². The van der Waals surface area contributed by atoms with E-state index in [1.54, 1.807) is 19.1 Å². The second kappa shape index (κ2) is 4.88. The second-order valence-corrected chi connectivity index (χ2v) is 6.06. The fourth-order valence-corrected chi connectivity index (χ4v) is 2.44. The van der Waals surface area contributed by atoms with Crippen LogP contribution in [0.1, 0.15) is 11.7 Å². The highest BCUT2D eigenvalue weighted by molar-refractivity contribution is 7.90. The summed E-state index contributed by atoms with van der Waals surface area (Å²) in [7, 11) is -3.35. The quantitative estimate of drug-likeness (QED) is 0.804. The maximum atomic E-state index is 11.5. The molecule has 0 fully saturated rings. The van der Waals surface area contributed by atoms with Crippen LogP contribution in [0.15, 0.2) is 27.6 Å². The number of nitrogens with two attached hydrogens (primary N) is 1. The number of nitrogens with one attached hydrogen (secondary N) is 1. The third kappa shape index (κ3) is 3.02. The lowest BCUT2D eigenvalue weighted by Gasteiger charge is -2.10. The molecule has 0 radical (unpaired) electrons. The SMILES string of the molecule is Cc1noc(CNc2cccc(S(C)(=O)=O)c2N)n1. The van der Waals surface area contributed by atoms with Gasteiger partial charge in [0.15, 0.2) is 15.7 Å². The highest BCUT2D eigenvalue weighted by Gasteiger charge is 2.14. The first-order valence-corrected chi connectivity index (χ1v) is 7.38. The summed E-state index contributed by atoms with van der Waals surface area (Å²) in [6, 6.07) is 4.77. The Morgan fingerprint density at radius 1 is 1.42 bits per heavy atom. The van der Waals surface area contributed by atoms with E-state index in [0.29, 0.717) is 17.4 Å². The van der Waals surface area contributed by atoms with Crippen LogP contribution < -0.4 is 11.1 Å². The molecule has 0 saturated heterocycles. The minimum Gasteiger partial charge on any atom is -0.396 e. The highest BCUT2D eigenvalue weighted by Crippen LogP contribution is 2.26. The van der Waals surface area contributed by atoms with Crippen LogP contribution in [0.4, 0.5) is 11.4 Å². The van der Waals surface area contributed by atoms with Crippen LogP contribution in [0.5, 0.6) is 0 Å². The monoisotopic (exact) mass is 282 g/mol. The van der Waals surface area contributed by atoms with Crippen molar-refractivity contribution in [2.24, 2.45) is 0 Å². The molecule has 0 spiro atoms. The Hall–Kier alpha value is -2.09. The van der Waals surface area contributed by atoms with Crippen molar-refractivity contribution < 1.29 is 12.9 Å². The molecule has 0 saturated carbocycles. The Labute approximate surface area is 110 Å². The molecule has 0 atom stereocenters. The van der Waals surface area contributed by atoms with Gasteiger partial charge in [-0.2, -0.15) is 4.98 Å². The molecule has 2 aromatic rings. The topological polar surface area (TPSA) is 111 Å². The number of nitrogen functional groups attached to an aromatic ring is 1. The van der Waals surface area contributed by atoms with Crippen LogP contribution in [0.2, 0.25) is 0 Å². The van der Waals surface area contributed by atoms with E-state index < -0.39 is 9.84 Å². The summed E-state index contributed by atoms with van der Waals surface area (Å²) in [4.78, 5) is 4.12. The predicted octanol–water partition coefficient (Wildman–Crippen LogP) is 0.976. The molecular formula is C11H14N4O3S. The summed E-state index contributed by atoms with van der Waals surface area (Å²) < 4.78 is 28.0. The third-order valence-corrected chi connectivity index (χ3v) is 3.62. The fourth-order valence-electron chi connectivity index (χ4n) is 1.60. The molecule has 3 N–H and O–H groups in total. The van der Waals surface area contributed by atoms with Gasteiger partial charge in [0.1, 0.15) is 0 Å². The van der Waals surface area contributed by atoms with E-state index in [9.17, 15) is 8.42 Å². The number of hydrogen-bond acceptors (Lipinski definition) is 7. The van der Waals surface area contributed by atoms with E-state index >= 15 is 0 Å². The van der Waals surface area contributed by atoms with Gasteiger partial charge in [0.2, 0.25) is 5.89 Å². The van der Waals surface area contributed by atoms with E-state index in [4.69, 9.17) is 10.3 Å². The van der Waals surface area contributed by atoms with Crippen molar-refractivity contribution in [2.45, 2.75) is 18.4 Å². The molecule has 1 heterocycles. The lowest BCUT2D eigenvalue weighted by atomic mass is 10.2. The summed E-state index contributed by atoms with van der Waals surface area (Å²) in [6.07, 6.45) is 1.11. The van der Waals surface area contributed by atoms with Gasteiger partial charge in [-0.25, -0.2) is 8.42 Å². The van der Waals surface area contributed by atoms with Crippen LogP contribution in [0, 0.1) is 6.92 Å². The first-order valence-electron chi connectivity index (χ1n) is 5.49. The van der Waals surface area contributed by atoms with Gasteiger partial charge in [0.25, 0.3) is 0 Å². The molecule has 1 aromatic heterocycles. The van der Waals surface area contributed by atoms with Gasteiger partial charge in [0, 0.05) is 6.26 Å². The van der Waals surface area contributed by atoms with Gasteiger partial charge in [-0.3, -0.25) is 0 Å². The van der Waals surface area contributed by atoms with Gasteiger partial charge >= 0.3 is 0 Å². The highest BCUT2D eigenvalue weighted by atomic mass is 32.2. The van der Waals surface area contributed by atoms with Crippen molar-refractivity contribution in [1.82, 2.24) is 10.1 Å². The zero-order valence-corrected chi connectivity index (χ0v) is 11.4. The molecule has 19 heavy (non-hydrogen) atoms. The minimum atomic E-state index is -3.35. The number of para-hydroxylation sites is 1. The average Bonchev–Trinajstić information content (AvgIpc) is 2.72. The molecule has 2 rings (SSSR count). The lowest BCUT2D eigenvalue weighted by molar-refractivity contribution is 0.379. The van der Waals surface area contributed by atoms with Crippen molar-refractivity contribution in [3.8, 4) is 0 Å². The van der Waals surface area contributed by atoms with Crippen molar-refractivity contribution in [3.63, 3.8) is 0 Å². The minimum absolute atomic E-state index is 0.0965. The fraction of sp³-hybridized carbons (Fsp3) is 0.273. The van der Waals surface area contributed by atoms with Gasteiger partial charge in [-0.05, 0) is 19.1 Å². The Morgan fingerprint density at radius 3 is 2.74 bits per heavy atom. The Bertz CT molecular complexity index is 694. The normalized spacial score (nSPS) is 11.5. The zero-order chi connectivity index (χ0) is 14.0. The van der Waals surface area contributed by atoms with E-state index in [1.807, 2.05) is 0 Å². The molecule has 0 bridgehead atoms. The number of aryl methyl sites for hydroxylation is 1. The first kappa shape index (κ1) is 13.3. The van der Waals surface area contributed by atoms with Crippen LogP contribution in [-0.2, 0) is 16.4 Å². The number of anilines is 2. The summed E-state index contributed by atoms with van der Waals surface area (Å²) in [6.45, 7) is 1.99. The van der Waals surface area contributed by atoms with Crippen LogP contribution >= 0.6 is 0 Å². The third-order valence-electron chi connectivity index (χ3n) is 2.47. The van der Waals surface area contributed by atoms with Crippen molar-refractivity contribution in [2.75, 3.05) is 17.3 Å². The van der Waals surface area contributed by atoms with Gasteiger partial charge in [-0.1, -0.05) is 11.2 Å². The van der Waals surface area contributed by atoms with E-state index in [2.05, 4.69) is 15.5 Å². The second-order valence-electron chi connectivity index (χ2n) is 4.08.